The minimum absolute atomic E-state index is 0.0760. The highest BCUT2D eigenvalue weighted by atomic mass is 32.2. The Bertz CT molecular complexity index is 1130. The van der Waals surface area contributed by atoms with Gasteiger partial charge in [-0.3, -0.25) is 9.59 Å². The summed E-state index contributed by atoms with van der Waals surface area (Å²) in [4.78, 5) is 23.8. The third kappa shape index (κ3) is 7.37. The molecule has 8 nitrogen and oxygen atoms in total. The number of nitrogens with zero attached hydrogens (tertiary/aromatic N) is 2. The third-order valence-corrected chi connectivity index (χ3v) is 7.04. The molecule has 10 heteroatoms. The molecule has 0 fully saturated rings. The van der Waals surface area contributed by atoms with Gasteiger partial charge in [-0.2, -0.15) is 9.57 Å². The SMILES string of the molecule is CCCS(=O)(=O)N(Cc1ccc(-c2cccc(F)c2)cc1)[C@@H](C)C(=O)N[C@H](C#N)CC(N)=O. The van der Waals surface area contributed by atoms with E-state index in [9.17, 15) is 22.4 Å². The lowest BCUT2D eigenvalue weighted by Crippen LogP contribution is -2.50. The maximum absolute atomic E-state index is 13.5. The molecule has 0 aliphatic rings. The lowest BCUT2D eigenvalue weighted by atomic mass is 10.0. The summed E-state index contributed by atoms with van der Waals surface area (Å²) < 4.78 is 40.4. The summed E-state index contributed by atoms with van der Waals surface area (Å²) in [5.41, 5.74) is 7.16. The predicted molar refractivity (Wildman–Crippen MR) is 122 cm³/mol. The van der Waals surface area contributed by atoms with E-state index in [0.717, 1.165) is 9.87 Å². The lowest BCUT2D eigenvalue weighted by molar-refractivity contribution is -0.125. The highest BCUT2D eigenvalue weighted by Crippen LogP contribution is 2.22. The molecule has 0 spiro atoms. The average molecular weight is 475 g/mol. The molecular weight excluding hydrogens is 447 g/mol. The van der Waals surface area contributed by atoms with Crippen molar-refractivity contribution in [3.63, 3.8) is 0 Å². The maximum Gasteiger partial charge on any atom is 0.239 e. The average Bonchev–Trinajstić information content (AvgIpc) is 2.76. The Kier molecular flexibility index (Phi) is 9.08. The monoisotopic (exact) mass is 474 g/mol. The number of nitrogens with one attached hydrogen (secondary N) is 1. The van der Waals surface area contributed by atoms with E-state index in [0.29, 0.717) is 17.5 Å². The van der Waals surface area contributed by atoms with Crippen molar-refractivity contribution in [2.24, 2.45) is 5.73 Å². The van der Waals surface area contributed by atoms with Crippen molar-refractivity contribution in [3.05, 3.63) is 59.9 Å². The van der Waals surface area contributed by atoms with Crippen molar-refractivity contribution >= 4 is 21.8 Å². The van der Waals surface area contributed by atoms with E-state index in [1.807, 2.05) is 0 Å². The van der Waals surface area contributed by atoms with Gasteiger partial charge in [-0.1, -0.05) is 43.3 Å². The molecule has 0 bridgehead atoms. The van der Waals surface area contributed by atoms with Gasteiger partial charge < -0.3 is 11.1 Å². The molecule has 0 radical (unpaired) electrons. The largest absolute Gasteiger partial charge is 0.370 e. The van der Waals surface area contributed by atoms with Crippen molar-refractivity contribution in [2.75, 3.05) is 5.75 Å². The van der Waals surface area contributed by atoms with Crippen molar-refractivity contribution in [2.45, 2.75) is 45.3 Å². The van der Waals surface area contributed by atoms with Gasteiger partial charge in [-0.05, 0) is 42.2 Å². The number of benzene rings is 2. The summed E-state index contributed by atoms with van der Waals surface area (Å²) in [5, 5.41) is 11.5. The van der Waals surface area contributed by atoms with Gasteiger partial charge in [-0.25, -0.2) is 12.8 Å². The van der Waals surface area contributed by atoms with Gasteiger partial charge in [0.25, 0.3) is 0 Å². The van der Waals surface area contributed by atoms with Crippen LogP contribution >= 0.6 is 0 Å². The second-order valence-corrected chi connectivity index (χ2v) is 9.65. The highest BCUT2D eigenvalue weighted by Gasteiger charge is 2.32. The van der Waals surface area contributed by atoms with Crippen LogP contribution in [-0.4, -0.2) is 42.4 Å². The molecular formula is C23H27FN4O4S. The summed E-state index contributed by atoms with van der Waals surface area (Å²) in [5.74, 6) is -1.99. The number of carbonyl (C=O) groups is 2. The van der Waals surface area contributed by atoms with Crippen LogP contribution < -0.4 is 11.1 Å². The maximum atomic E-state index is 13.5. The molecule has 0 saturated carbocycles. The standard InChI is InChI=1S/C23H27FN4O4S/c1-3-11-33(31,32)28(16(2)23(30)27-21(14-25)13-22(26)29)15-17-7-9-18(10-8-17)19-5-4-6-20(24)12-19/h4-10,12,16,21H,3,11,13,15H2,1-2H3,(H2,26,29)(H,27,30)/t16-,21-/m0/s1. The molecule has 0 aliphatic heterocycles. The van der Waals surface area contributed by atoms with Crippen LogP contribution in [0.4, 0.5) is 4.39 Å². The molecule has 2 atom stereocenters. The number of primary amides is 1. The van der Waals surface area contributed by atoms with Gasteiger partial charge in [0, 0.05) is 6.54 Å². The molecule has 3 N–H and O–H groups in total. The second-order valence-electron chi connectivity index (χ2n) is 7.61. The van der Waals surface area contributed by atoms with Gasteiger partial charge in [0.2, 0.25) is 21.8 Å². The molecule has 33 heavy (non-hydrogen) atoms. The first-order chi connectivity index (χ1) is 15.6. The fourth-order valence-electron chi connectivity index (χ4n) is 3.26. The fraction of sp³-hybridized carbons (Fsp3) is 0.348. The van der Waals surface area contributed by atoms with E-state index >= 15 is 0 Å². The van der Waals surface area contributed by atoms with Gasteiger partial charge >= 0.3 is 0 Å². The van der Waals surface area contributed by atoms with E-state index in [2.05, 4.69) is 5.32 Å². The van der Waals surface area contributed by atoms with E-state index in [4.69, 9.17) is 11.0 Å². The zero-order valence-electron chi connectivity index (χ0n) is 18.5. The number of rotatable bonds is 11. The van der Waals surface area contributed by atoms with E-state index in [1.54, 1.807) is 49.4 Å². The predicted octanol–water partition coefficient (Wildman–Crippen LogP) is 2.31. The van der Waals surface area contributed by atoms with E-state index < -0.39 is 33.9 Å². The molecule has 2 amide bonds. The quantitative estimate of drug-likeness (QED) is 0.516. The molecule has 176 valence electrons. The molecule has 2 rings (SSSR count). The molecule has 0 saturated heterocycles. The minimum atomic E-state index is -3.80. The van der Waals surface area contributed by atoms with Crippen LogP contribution in [0.5, 0.6) is 0 Å². The van der Waals surface area contributed by atoms with Crippen LogP contribution in [0.3, 0.4) is 0 Å². The van der Waals surface area contributed by atoms with Crippen molar-refractivity contribution in [1.82, 2.24) is 9.62 Å². The van der Waals surface area contributed by atoms with Gasteiger partial charge in [0.15, 0.2) is 0 Å². The smallest absolute Gasteiger partial charge is 0.239 e. The number of sulfonamides is 1. The number of halogens is 1. The second kappa shape index (κ2) is 11.5. The Labute approximate surface area is 193 Å². The molecule has 0 heterocycles. The zero-order valence-corrected chi connectivity index (χ0v) is 19.3. The van der Waals surface area contributed by atoms with Gasteiger partial charge in [-0.15, -0.1) is 0 Å². The Morgan fingerprint density at radius 1 is 1.18 bits per heavy atom. The summed E-state index contributed by atoms with van der Waals surface area (Å²) in [7, 11) is -3.80. The van der Waals surface area contributed by atoms with Gasteiger partial charge in [0.1, 0.15) is 17.9 Å². The number of hydrogen-bond acceptors (Lipinski definition) is 5. The zero-order chi connectivity index (χ0) is 24.6. The van der Waals surface area contributed by atoms with Crippen LogP contribution in [0.25, 0.3) is 11.1 Å². The first-order valence-electron chi connectivity index (χ1n) is 10.4. The summed E-state index contributed by atoms with van der Waals surface area (Å²) >= 11 is 0. The summed E-state index contributed by atoms with van der Waals surface area (Å²) in [6.45, 7) is 3.06. The first kappa shape index (κ1) is 26.0. The van der Waals surface area contributed by atoms with Crippen LogP contribution in [0.2, 0.25) is 0 Å². The van der Waals surface area contributed by atoms with Crippen LogP contribution in [0.1, 0.15) is 32.3 Å². The Morgan fingerprint density at radius 2 is 1.85 bits per heavy atom. The van der Waals surface area contributed by atoms with Crippen LogP contribution in [0.15, 0.2) is 48.5 Å². The number of nitriles is 1. The lowest BCUT2D eigenvalue weighted by Gasteiger charge is -2.28. The van der Waals surface area contributed by atoms with Gasteiger partial charge in [0.05, 0.1) is 18.2 Å². The Hall–Kier alpha value is -3.29. The van der Waals surface area contributed by atoms with Crippen molar-refractivity contribution in [3.8, 4) is 17.2 Å². The minimum Gasteiger partial charge on any atom is -0.370 e. The molecule has 0 unspecified atom stereocenters. The van der Waals surface area contributed by atoms with Crippen LogP contribution in [-0.2, 0) is 26.2 Å². The van der Waals surface area contributed by atoms with E-state index in [-0.39, 0.29) is 24.5 Å². The summed E-state index contributed by atoms with van der Waals surface area (Å²) in [6.07, 6.45) is -0.0214. The molecule has 0 aliphatic carbocycles. The Balaban J connectivity index is 2.26. The number of nitrogens with two attached hydrogens (primary N) is 1. The Morgan fingerprint density at radius 3 is 2.39 bits per heavy atom. The topological polar surface area (TPSA) is 133 Å². The highest BCUT2D eigenvalue weighted by molar-refractivity contribution is 7.89. The third-order valence-electron chi connectivity index (χ3n) is 4.96. The van der Waals surface area contributed by atoms with Crippen molar-refractivity contribution < 1.29 is 22.4 Å². The molecule has 0 aromatic heterocycles. The molecule has 2 aromatic carbocycles. The van der Waals surface area contributed by atoms with Crippen molar-refractivity contribution in [1.29, 1.82) is 5.26 Å². The number of amides is 2. The molecule has 2 aromatic rings. The summed E-state index contributed by atoms with van der Waals surface area (Å²) in [6, 6.07) is 12.5. The van der Waals surface area contributed by atoms with E-state index in [1.165, 1.54) is 19.1 Å². The van der Waals surface area contributed by atoms with Crippen LogP contribution in [0, 0.1) is 17.1 Å². The fourth-order valence-corrected chi connectivity index (χ4v) is 4.93. The normalized spacial score (nSPS) is 13.2. The number of hydrogen-bond donors (Lipinski definition) is 2. The number of carbonyl (C=O) groups excluding carboxylic acids is 2. The first-order valence-corrected chi connectivity index (χ1v) is 12.0.